The summed E-state index contributed by atoms with van der Waals surface area (Å²) in [5.74, 6) is -1.46. The van der Waals surface area contributed by atoms with Crippen LogP contribution < -0.4 is 0 Å². The van der Waals surface area contributed by atoms with Crippen molar-refractivity contribution in [2.45, 2.75) is 25.5 Å². The van der Waals surface area contributed by atoms with Gasteiger partial charge in [-0.25, -0.2) is 4.79 Å². The molecule has 1 aromatic carbocycles. The molecule has 1 aliphatic heterocycles. The lowest BCUT2D eigenvalue weighted by molar-refractivity contribution is -0.141. The maximum Gasteiger partial charge on any atom is 0.326 e. The number of carbonyl (C=O) groups excluding carboxylic acids is 1. The maximum absolute atomic E-state index is 12.4. The van der Waals surface area contributed by atoms with E-state index in [1.54, 1.807) is 12.1 Å². The van der Waals surface area contributed by atoms with Crippen molar-refractivity contribution < 1.29 is 19.8 Å². The Morgan fingerprint density at radius 2 is 2.11 bits per heavy atom. The van der Waals surface area contributed by atoms with Gasteiger partial charge < -0.3 is 15.1 Å². The van der Waals surface area contributed by atoms with E-state index in [9.17, 15) is 14.7 Å². The van der Waals surface area contributed by atoms with Crippen LogP contribution in [0.5, 0.6) is 0 Å². The number of amides is 1. The second-order valence-electron chi connectivity index (χ2n) is 4.68. The van der Waals surface area contributed by atoms with Gasteiger partial charge in [0.1, 0.15) is 6.04 Å². The standard InChI is InChI=1S/C13H14BrNO4/c1-7-2-3-10(14)9(4-7)12(17)15-6-8(16)5-11(15)13(18)19/h2-4,8,11,16H,5-6H2,1H3,(H,18,19)/t8-,11-/m0/s1. The average molecular weight is 328 g/mol. The number of aliphatic carboxylic acids is 1. The third-order valence-corrected chi connectivity index (χ3v) is 3.87. The van der Waals surface area contributed by atoms with Gasteiger partial charge in [-0.1, -0.05) is 11.6 Å². The SMILES string of the molecule is Cc1ccc(Br)c(C(=O)N2C[C@@H](O)C[C@H]2C(=O)O)c1. The molecule has 1 saturated heterocycles. The average Bonchev–Trinajstić information content (AvgIpc) is 2.74. The Labute approximate surface area is 119 Å². The van der Waals surface area contributed by atoms with E-state index in [0.717, 1.165) is 5.56 Å². The quantitative estimate of drug-likeness (QED) is 0.861. The monoisotopic (exact) mass is 327 g/mol. The fourth-order valence-corrected chi connectivity index (χ4v) is 2.65. The summed E-state index contributed by atoms with van der Waals surface area (Å²) in [4.78, 5) is 24.7. The van der Waals surface area contributed by atoms with Gasteiger partial charge in [0, 0.05) is 17.4 Å². The summed E-state index contributed by atoms with van der Waals surface area (Å²) >= 11 is 3.29. The number of halogens is 1. The van der Waals surface area contributed by atoms with E-state index < -0.39 is 18.1 Å². The summed E-state index contributed by atoms with van der Waals surface area (Å²) < 4.78 is 0.619. The molecule has 0 aliphatic carbocycles. The van der Waals surface area contributed by atoms with Crippen LogP contribution in [-0.2, 0) is 4.79 Å². The van der Waals surface area contributed by atoms with E-state index >= 15 is 0 Å². The molecule has 19 heavy (non-hydrogen) atoms. The molecule has 1 aliphatic rings. The Bertz CT molecular complexity index is 531. The van der Waals surface area contributed by atoms with Crippen molar-refractivity contribution in [2.75, 3.05) is 6.54 Å². The molecule has 0 unspecified atom stereocenters. The normalized spacial score (nSPS) is 22.6. The topological polar surface area (TPSA) is 77.8 Å². The van der Waals surface area contributed by atoms with Crippen LogP contribution in [0.4, 0.5) is 0 Å². The van der Waals surface area contributed by atoms with Gasteiger partial charge in [0.15, 0.2) is 0 Å². The number of hydrogen-bond acceptors (Lipinski definition) is 3. The van der Waals surface area contributed by atoms with Crippen LogP contribution in [-0.4, -0.2) is 45.7 Å². The molecule has 2 rings (SSSR count). The summed E-state index contributed by atoms with van der Waals surface area (Å²) in [6.45, 7) is 1.91. The highest BCUT2D eigenvalue weighted by molar-refractivity contribution is 9.10. The fourth-order valence-electron chi connectivity index (χ4n) is 2.23. The number of rotatable bonds is 2. The fraction of sp³-hybridized carbons (Fsp3) is 0.385. The van der Waals surface area contributed by atoms with Crippen molar-refractivity contribution in [1.29, 1.82) is 0 Å². The summed E-state index contributed by atoms with van der Waals surface area (Å²) in [5.41, 5.74) is 1.33. The number of aryl methyl sites for hydroxylation is 1. The lowest BCUT2D eigenvalue weighted by atomic mass is 10.1. The number of carboxylic acid groups (broad SMARTS) is 1. The molecule has 5 nitrogen and oxygen atoms in total. The van der Waals surface area contributed by atoms with Crippen LogP contribution in [0.3, 0.4) is 0 Å². The van der Waals surface area contributed by atoms with E-state index in [-0.39, 0.29) is 18.9 Å². The number of nitrogens with zero attached hydrogens (tertiary/aromatic N) is 1. The summed E-state index contributed by atoms with van der Waals surface area (Å²) in [7, 11) is 0. The van der Waals surface area contributed by atoms with Crippen molar-refractivity contribution in [3.8, 4) is 0 Å². The number of carboxylic acids is 1. The first-order valence-electron chi connectivity index (χ1n) is 5.88. The van der Waals surface area contributed by atoms with E-state index in [2.05, 4.69) is 15.9 Å². The highest BCUT2D eigenvalue weighted by Gasteiger charge is 2.39. The minimum Gasteiger partial charge on any atom is -0.480 e. The van der Waals surface area contributed by atoms with Crippen LogP contribution in [0, 0.1) is 6.92 Å². The molecule has 102 valence electrons. The van der Waals surface area contributed by atoms with E-state index in [1.165, 1.54) is 4.90 Å². The van der Waals surface area contributed by atoms with Crippen molar-refractivity contribution in [3.05, 3.63) is 33.8 Å². The number of hydrogen-bond donors (Lipinski definition) is 2. The zero-order valence-electron chi connectivity index (χ0n) is 10.3. The number of β-amino-alcohol motifs (C(OH)–C–C–N with tert-alkyl or cyclic N) is 1. The third-order valence-electron chi connectivity index (χ3n) is 3.18. The smallest absolute Gasteiger partial charge is 0.326 e. The molecule has 0 aromatic heterocycles. The number of benzene rings is 1. The molecule has 0 radical (unpaired) electrons. The predicted octanol–water partition coefficient (Wildman–Crippen LogP) is 1.42. The summed E-state index contributed by atoms with van der Waals surface area (Å²) in [5, 5.41) is 18.7. The molecule has 2 atom stereocenters. The molecule has 1 heterocycles. The summed E-state index contributed by atoms with van der Waals surface area (Å²) in [6.07, 6.45) is -0.710. The van der Waals surface area contributed by atoms with E-state index in [1.807, 2.05) is 13.0 Å². The number of aliphatic hydroxyl groups excluding tert-OH is 1. The van der Waals surface area contributed by atoms with E-state index in [4.69, 9.17) is 5.11 Å². The van der Waals surface area contributed by atoms with Gasteiger partial charge in [-0.15, -0.1) is 0 Å². The van der Waals surface area contributed by atoms with Gasteiger partial charge in [-0.05, 0) is 35.0 Å². The lowest BCUT2D eigenvalue weighted by Gasteiger charge is -2.22. The molecule has 1 fully saturated rings. The summed E-state index contributed by atoms with van der Waals surface area (Å²) in [6, 6.07) is 4.35. The number of aliphatic hydroxyl groups is 1. The molecule has 0 saturated carbocycles. The molecular formula is C13H14BrNO4. The Hall–Kier alpha value is -1.40. The highest BCUT2D eigenvalue weighted by atomic mass is 79.9. The minimum absolute atomic E-state index is 0.0518. The molecule has 0 bridgehead atoms. The molecule has 2 N–H and O–H groups in total. The van der Waals surface area contributed by atoms with Crippen molar-refractivity contribution in [2.24, 2.45) is 0 Å². The molecule has 6 heteroatoms. The number of likely N-dealkylation sites (tertiary alicyclic amines) is 1. The first kappa shape index (κ1) is 14.0. The first-order chi connectivity index (χ1) is 8.90. The maximum atomic E-state index is 12.4. The highest BCUT2D eigenvalue weighted by Crippen LogP contribution is 2.25. The molecule has 0 spiro atoms. The Kier molecular flexibility index (Phi) is 3.91. The largest absolute Gasteiger partial charge is 0.480 e. The van der Waals surface area contributed by atoms with Gasteiger partial charge in [-0.2, -0.15) is 0 Å². The van der Waals surface area contributed by atoms with Crippen molar-refractivity contribution in [3.63, 3.8) is 0 Å². The van der Waals surface area contributed by atoms with Crippen LogP contribution in [0.25, 0.3) is 0 Å². The van der Waals surface area contributed by atoms with E-state index in [0.29, 0.717) is 10.0 Å². The van der Waals surface area contributed by atoms with Gasteiger partial charge in [0.2, 0.25) is 0 Å². The van der Waals surface area contributed by atoms with Gasteiger partial charge in [0.05, 0.1) is 11.7 Å². The number of carbonyl (C=O) groups is 2. The molecule has 1 aromatic rings. The van der Waals surface area contributed by atoms with Gasteiger partial charge >= 0.3 is 5.97 Å². The predicted molar refractivity (Wildman–Crippen MR) is 72.0 cm³/mol. The lowest BCUT2D eigenvalue weighted by Crippen LogP contribution is -2.40. The Morgan fingerprint density at radius 1 is 1.42 bits per heavy atom. The molecule has 1 amide bonds. The zero-order chi connectivity index (χ0) is 14.2. The third kappa shape index (κ3) is 2.79. The zero-order valence-corrected chi connectivity index (χ0v) is 11.9. The van der Waals surface area contributed by atoms with Crippen LogP contribution in [0.1, 0.15) is 22.3 Å². The van der Waals surface area contributed by atoms with Crippen LogP contribution in [0.15, 0.2) is 22.7 Å². The van der Waals surface area contributed by atoms with Crippen molar-refractivity contribution in [1.82, 2.24) is 4.90 Å². The van der Waals surface area contributed by atoms with Crippen LogP contribution >= 0.6 is 15.9 Å². The Morgan fingerprint density at radius 3 is 2.74 bits per heavy atom. The van der Waals surface area contributed by atoms with Crippen molar-refractivity contribution >= 4 is 27.8 Å². The van der Waals surface area contributed by atoms with Gasteiger partial charge in [0.25, 0.3) is 5.91 Å². The minimum atomic E-state index is -1.09. The second-order valence-corrected chi connectivity index (χ2v) is 5.54. The van der Waals surface area contributed by atoms with Gasteiger partial charge in [-0.3, -0.25) is 4.79 Å². The Balaban J connectivity index is 2.33. The second kappa shape index (κ2) is 5.30. The first-order valence-corrected chi connectivity index (χ1v) is 6.67. The van der Waals surface area contributed by atoms with Crippen LogP contribution in [0.2, 0.25) is 0 Å². The molecular weight excluding hydrogens is 314 g/mol.